The molecule has 2 aromatic carbocycles. The number of fused-ring (bicyclic) bond motifs is 5. The number of morpholine rings is 1. The summed E-state index contributed by atoms with van der Waals surface area (Å²) in [5.74, 6) is 0.309. The largest absolute Gasteiger partial charge is 0.465 e. The number of carbonyl (C=O) groups is 2. The van der Waals surface area contributed by atoms with Crippen molar-refractivity contribution in [2.45, 2.75) is 84.0 Å². The number of ether oxygens (including phenoxy) is 2. The van der Waals surface area contributed by atoms with Crippen LogP contribution < -0.4 is 0 Å². The molecule has 3 aromatic rings. The molecule has 2 fully saturated rings. The highest BCUT2D eigenvalue weighted by molar-refractivity contribution is 5.99. The molecule has 2 aliphatic heterocycles. The summed E-state index contributed by atoms with van der Waals surface area (Å²) in [6.07, 6.45) is 6.82. The number of methoxy groups -OCH3 is 1. The molecule has 0 radical (unpaired) electrons. The summed E-state index contributed by atoms with van der Waals surface area (Å²) in [4.78, 5) is 29.0. The van der Waals surface area contributed by atoms with Gasteiger partial charge in [0.1, 0.15) is 0 Å². The van der Waals surface area contributed by atoms with Crippen molar-refractivity contribution in [3.8, 4) is 11.3 Å². The molecule has 1 saturated carbocycles. The topological polar surface area (TPSA) is 60.8 Å². The van der Waals surface area contributed by atoms with Crippen LogP contribution in [0.5, 0.6) is 0 Å². The van der Waals surface area contributed by atoms with Gasteiger partial charge in [-0.3, -0.25) is 4.79 Å². The van der Waals surface area contributed by atoms with E-state index >= 15 is 0 Å². The first-order valence-corrected chi connectivity index (χ1v) is 14.6. The number of nitrogens with zero attached hydrogens (tertiary/aromatic N) is 2. The molecule has 6 rings (SSSR count). The number of esters is 1. The van der Waals surface area contributed by atoms with Crippen molar-refractivity contribution in [3.05, 3.63) is 59.2 Å². The number of hydrogen-bond acceptors (Lipinski definition) is 4. The Morgan fingerprint density at radius 2 is 1.72 bits per heavy atom. The Hall–Kier alpha value is -3.12. The smallest absolute Gasteiger partial charge is 0.337 e. The zero-order valence-electron chi connectivity index (χ0n) is 23.7. The van der Waals surface area contributed by atoms with E-state index in [2.05, 4.69) is 41.8 Å². The number of benzene rings is 2. The van der Waals surface area contributed by atoms with Gasteiger partial charge in [-0.15, -0.1) is 0 Å². The first-order valence-electron chi connectivity index (χ1n) is 14.6. The van der Waals surface area contributed by atoms with E-state index in [0.29, 0.717) is 37.5 Å². The molecule has 206 valence electrons. The Morgan fingerprint density at radius 1 is 1.00 bits per heavy atom. The van der Waals surface area contributed by atoms with Crippen LogP contribution in [0.2, 0.25) is 0 Å². The lowest BCUT2D eigenvalue weighted by molar-refractivity contribution is -0.153. The predicted molar refractivity (Wildman–Crippen MR) is 153 cm³/mol. The van der Waals surface area contributed by atoms with Crippen LogP contribution in [0.4, 0.5) is 0 Å². The fourth-order valence-electron chi connectivity index (χ4n) is 7.48. The summed E-state index contributed by atoms with van der Waals surface area (Å²) in [7, 11) is 1.43. The third kappa shape index (κ3) is 4.57. The normalized spacial score (nSPS) is 25.6. The van der Waals surface area contributed by atoms with Crippen molar-refractivity contribution in [2.24, 2.45) is 5.41 Å². The van der Waals surface area contributed by atoms with Gasteiger partial charge in [-0.05, 0) is 69.2 Å². The molecule has 1 aliphatic carbocycles. The molecule has 6 nitrogen and oxygen atoms in total. The van der Waals surface area contributed by atoms with Crippen molar-refractivity contribution in [3.63, 3.8) is 0 Å². The average molecular weight is 529 g/mol. The lowest BCUT2D eigenvalue weighted by Gasteiger charge is -2.40. The molecule has 0 bridgehead atoms. The summed E-state index contributed by atoms with van der Waals surface area (Å²) >= 11 is 0. The Labute approximate surface area is 231 Å². The second-order valence-corrected chi connectivity index (χ2v) is 12.3. The molecule has 3 aliphatic rings. The van der Waals surface area contributed by atoms with Crippen molar-refractivity contribution in [1.82, 2.24) is 9.47 Å². The van der Waals surface area contributed by atoms with Gasteiger partial charge in [-0.2, -0.15) is 0 Å². The minimum Gasteiger partial charge on any atom is -0.465 e. The maximum atomic E-state index is 14.4. The number of amides is 1. The van der Waals surface area contributed by atoms with Crippen LogP contribution in [0.15, 0.2) is 42.5 Å². The van der Waals surface area contributed by atoms with E-state index in [-0.39, 0.29) is 24.1 Å². The van der Waals surface area contributed by atoms with Gasteiger partial charge in [-0.25, -0.2) is 4.79 Å². The fourth-order valence-corrected chi connectivity index (χ4v) is 7.48. The van der Waals surface area contributed by atoms with E-state index in [0.717, 1.165) is 5.52 Å². The molecule has 6 heteroatoms. The molecule has 3 atom stereocenters. The lowest BCUT2D eigenvalue weighted by atomic mass is 9.79. The molecule has 0 N–H and O–H groups in total. The summed E-state index contributed by atoms with van der Waals surface area (Å²) in [6.45, 7) is 8.00. The first-order chi connectivity index (χ1) is 18.8. The molecular weight excluding hydrogens is 488 g/mol. The van der Waals surface area contributed by atoms with Gasteiger partial charge in [0.2, 0.25) is 5.91 Å². The van der Waals surface area contributed by atoms with Gasteiger partial charge in [-0.1, -0.05) is 49.6 Å². The minimum absolute atomic E-state index is 0.0165. The van der Waals surface area contributed by atoms with E-state index in [9.17, 15) is 9.59 Å². The second-order valence-electron chi connectivity index (χ2n) is 12.3. The zero-order valence-corrected chi connectivity index (χ0v) is 23.7. The van der Waals surface area contributed by atoms with Crippen LogP contribution >= 0.6 is 0 Å². The first kappa shape index (κ1) is 26.1. The molecule has 1 aromatic heterocycles. The lowest BCUT2D eigenvalue weighted by Crippen LogP contribution is -2.54. The average Bonchev–Trinajstić information content (AvgIpc) is 3.17. The van der Waals surface area contributed by atoms with Gasteiger partial charge in [0.05, 0.1) is 36.0 Å². The van der Waals surface area contributed by atoms with Crippen LogP contribution in [0.3, 0.4) is 0 Å². The maximum absolute atomic E-state index is 14.4. The third-order valence-corrected chi connectivity index (χ3v) is 9.12. The van der Waals surface area contributed by atoms with E-state index in [1.165, 1.54) is 67.0 Å². The molecule has 1 amide bonds. The van der Waals surface area contributed by atoms with Crippen LogP contribution in [0, 0.1) is 5.41 Å². The van der Waals surface area contributed by atoms with Crippen LogP contribution in [0.1, 0.15) is 80.3 Å². The Kier molecular flexibility index (Phi) is 6.78. The van der Waals surface area contributed by atoms with E-state index in [1.54, 1.807) is 0 Å². The molecule has 39 heavy (non-hydrogen) atoms. The van der Waals surface area contributed by atoms with Gasteiger partial charge in [0.15, 0.2) is 0 Å². The number of carbonyl (C=O) groups excluding carboxylic acids is 2. The molecular formula is C33H40N2O4. The Morgan fingerprint density at radius 3 is 2.44 bits per heavy atom. The van der Waals surface area contributed by atoms with Crippen LogP contribution in [-0.2, 0) is 27.2 Å². The van der Waals surface area contributed by atoms with Crippen molar-refractivity contribution < 1.29 is 19.1 Å². The van der Waals surface area contributed by atoms with E-state index in [4.69, 9.17) is 9.47 Å². The number of rotatable bonds is 3. The summed E-state index contributed by atoms with van der Waals surface area (Å²) in [5, 5.41) is 1.20. The van der Waals surface area contributed by atoms with E-state index in [1.807, 2.05) is 30.9 Å². The highest BCUT2D eigenvalue weighted by Crippen LogP contribution is 2.48. The van der Waals surface area contributed by atoms with Gasteiger partial charge >= 0.3 is 5.97 Å². The minimum atomic E-state index is -0.644. The SMILES string of the molecule is COC(=O)c1ccc2c(C3CCCCC3)c3n(c2c1)CC(C)(C(=O)N1C[C@@H](C)O[C@@H](C)C1)Cc1ccccc1-3. The van der Waals surface area contributed by atoms with Crippen molar-refractivity contribution >= 4 is 22.8 Å². The third-order valence-electron chi connectivity index (χ3n) is 9.12. The standard InChI is InChI=1S/C33H40N2O4/c1-21-18-34(19-22(2)39-21)32(37)33(3)17-25-12-8-9-13-26(25)30-29(23-10-6-5-7-11-23)27-15-14-24(31(36)38-4)16-28(27)35(30)20-33/h8-9,12-16,21-23H,5-7,10-11,17-20H2,1-4H3/t21-,22+,33?. The molecule has 1 unspecified atom stereocenters. The Balaban J connectivity index is 1.57. The number of hydrogen-bond donors (Lipinski definition) is 0. The van der Waals surface area contributed by atoms with Crippen LogP contribution in [0.25, 0.3) is 22.2 Å². The van der Waals surface area contributed by atoms with Gasteiger partial charge in [0, 0.05) is 36.1 Å². The summed E-state index contributed by atoms with van der Waals surface area (Å²) in [6, 6.07) is 14.6. The molecule has 0 spiro atoms. The maximum Gasteiger partial charge on any atom is 0.337 e. The van der Waals surface area contributed by atoms with E-state index < -0.39 is 5.41 Å². The van der Waals surface area contributed by atoms with Gasteiger partial charge < -0.3 is 18.9 Å². The molecule has 1 saturated heterocycles. The Bertz CT molecular complexity index is 1410. The second kappa shape index (κ2) is 10.1. The number of aromatic nitrogens is 1. The monoisotopic (exact) mass is 528 g/mol. The molecule has 3 heterocycles. The zero-order chi connectivity index (χ0) is 27.3. The highest BCUT2D eigenvalue weighted by atomic mass is 16.5. The quantitative estimate of drug-likeness (QED) is 0.372. The van der Waals surface area contributed by atoms with Crippen LogP contribution in [-0.4, -0.2) is 53.8 Å². The van der Waals surface area contributed by atoms with Crippen molar-refractivity contribution in [2.75, 3.05) is 20.2 Å². The summed E-state index contributed by atoms with van der Waals surface area (Å²) < 4.78 is 13.4. The highest BCUT2D eigenvalue weighted by Gasteiger charge is 2.43. The fraction of sp³-hybridized carbons (Fsp3) is 0.515. The van der Waals surface area contributed by atoms with Crippen molar-refractivity contribution in [1.29, 1.82) is 0 Å². The predicted octanol–water partition coefficient (Wildman–Crippen LogP) is 6.34. The van der Waals surface area contributed by atoms with Gasteiger partial charge in [0.25, 0.3) is 0 Å². The summed E-state index contributed by atoms with van der Waals surface area (Å²) in [5.41, 5.74) is 5.97.